The highest BCUT2D eigenvalue weighted by Gasteiger charge is 2.40. The van der Waals surface area contributed by atoms with Crippen LogP contribution in [0.4, 0.5) is 0 Å². The first kappa shape index (κ1) is 16.5. The molecule has 0 spiro atoms. The first-order valence-electron chi connectivity index (χ1n) is 8.27. The van der Waals surface area contributed by atoms with E-state index in [2.05, 4.69) is 0 Å². The molecule has 0 aliphatic rings. The number of hydrogen-bond donors (Lipinski definition) is 1. The molecule has 0 fully saturated rings. The molecule has 1 N–H and O–H groups in total. The first-order valence-corrected chi connectivity index (χ1v) is 8.27. The lowest BCUT2D eigenvalue weighted by Crippen LogP contribution is -2.38. The minimum atomic E-state index is -1.66. The van der Waals surface area contributed by atoms with Crippen molar-refractivity contribution in [3.63, 3.8) is 0 Å². The fourth-order valence-corrected chi connectivity index (χ4v) is 3.14. The van der Waals surface area contributed by atoms with Crippen molar-refractivity contribution in [3.8, 4) is 0 Å². The van der Waals surface area contributed by atoms with Crippen molar-refractivity contribution in [1.82, 2.24) is 0 Å². The summed E-state index contributed by atoms with van der Waals surface area (Å²) in [5, 5.41) is 13.0. The van der Waals surface area contributed by atoms with Crippen LogP contribution >= 0.6 is 0 Å². The number of benzene rings is 2. The summed E-state index contributed by atoms with van der Waals surface area (Å²) < 4.78 is 10.9. The largest absolute Gasteiger partial charge is 0.464 e. The molecule has 4 nitrogen and oxygen atoms in total. The molecule has 4 heteroatoms. The summed E-state index contributed by atoms with van der Waals surface area (Å²) in [4.78, 5) is 12.4. The monoisotopic (exact) mass is 326 g/mol. The van der Waals surface area contributed by atoms with Gasteiger partial charge < -0.3 is 14.3 Å². The minimum Gasteiger partial charge on any atom is -0.464 e. The second kappa shape index (κ2) is 6.29. The standard InChI is InChI=1S/C20H22O4/c1-4-23-19(21)20(22,12-13(2)3)14-9-10-18-16(11-14)15-7-5-6-8-17(15)24-18/h5-11,13,22H,4,12H2,1-3H3. The third kappa shape index (κ3) is 2.78. The predicted octanol–water partition coefficient (Wildman–Crippen LogP) is 4.38. The van der Waals surface area contributed by atoms with E-state index in [1.54, 1.807) is 19.1 Å². The number of carbonyl (C=O) groups is 1. The van der Waals surface area contributed by atoms with Crippen molar-refractivity contribution in [1.29, 1.82) is 0 Å². The first-order chi connectivity index (χ1) is 11.5. The number of furan rings is 1. The normalized spacial score (nSPS) is 14.2. The van der Waals surface area contributed by atoms with Crippen LogP contribution in [0.2, 0.25) is 0 Å². The molecule has 0 aliphatic heterocycles. The van der Waals surface area contributed by atoms with Crippen molar-refractivity contribution >= 4 is 27.9 Å². The van der Waals surface area contributed by atoms with Gasteiger partial charge in [0.2, 0.25) is 0 Å². The van der Waals surface area contributed by atoms with E-state index in [9.17, 15) is 9.90 Å². The molecule has 126 valence electrons. The van der Waals surface area contributed by atoms with Gasteiger partial charge in [0.1, 0.15) is 11.2 Å². The summed E-state index contributed by atoms with van der Waals surface area (Å²) >= 11 is 0. The Balaban J connectivity index is 2.16. The highest BCUT2D eigenvalue weighted by Crippen LogP contribution is 2.35. The van der Waals surface area contributed by atoms with Crippen LogP contribution in [0.3, 0.4) is 0 Å². The summed E-state index contributed by atoms with van der Waals surface area (Å²) in [6.07, 6.45) is 0.299. The van der Waals surface area contributed by atoms with E-state index in [1.807, 2.05) is 44.2 Å². The highest BCUT2D eigenvalue weighted by molar-refractivity contribution is 6.05. The average Bonchev–Trinajstić information content (AvgIpc) is 2.92. The fourth-order valence-electron chi connectivity index (χ4n) is 3.14. The second-order valence-corrected chi connectivity index (χ2v) is 6.49. The van der Waals surface area contributed by atoms with Gasteiger partial charge in [-0.1, -0.05) is 38.1 Å². The molecule has 1 atom stereocenters. The van der Waals surface area contributed by atoms with Gasteiger partial charge in [-0.05, 0) is 43.0 Å². The molecule has 3 aromatic rings. The molecular weight excluding hydrogens is 304 g/mol. The van der Waals surface area contributed by atoms with Crippen LogP contribution in [-0.2, 0) is 15.1 Å². The second-order valence-electron chi connectivity index (χ2n) is 6.49. The van der Waals surface area contributed by atoms with Crippen molar-refractivity contribution in [2.75, 3.05) is 6.61 Å². The van der Waals surface area contributed by atoms with E-state index in [0.717, 1.165) is 21.9 Å². The van der Waals surface area contributed by atoms with Crippen molar-refractivity contribution in [2.45, 2.75) is 32.8 Å². The SMILES string of the molecule is CCOC(=O)C(O)(CC(C)C)c1ccc2oc3ccccc3c2c1. The van der Waals surface area contributed by atoms with Crippen LogP contribution < -0.4 is 0 Å². The zero-order valence-corrected chi connectivity index (χ0v) is 14.2. The third-order valence-electron chi connectivity index (χ3n) is 4.17. The number of rotatable bonds is 5. The maximum Gasteiger partial charge on any atom is 0.342 e. The Bertz CT molecular complexity index is 878. The molecule has 1 unspecified atom stereocenters. The molecule has 1 aromatic heterocycles. The smallest absolute Gasteiger partial charge is 0.342 e. The van der Waals surface area contributed by atoms with Gasteiger partial charge in [-0.3, -0.25) is 0 Å². The van der Waals surface area contributed by atoms with E-state index in [1.165, 1.54) is 0 Å². The van der Waals surface area contributed by atoms with Crippen LogP contribution in [0.25, 0.3) is 21.9 Å². The van der Waals surface area contributed by atoms with E-state index in [4.69, 9.17) is 9.15 Å². The number of carbonyl (C=O) groups excluding carboxylic acids is 1. The number of hydrogen-bond acceptors (Lipinski definition) is 4. The van der Waals surface area contributed by atoms with E-state index in [0.29, 0.717) is 12.0 Å². The Hall–Kier alpha value is -2.33. The lowest BCUT2D eigenvalue weighted by molar-refractivity contribution is -0.168. The van der Waals surface area contributed by atoms with E-state index in [-0.39, 0.29) is 12.5 Å². The summed E-state index contributed by atoms with van der Waals surface area (Å²) in [5.74, 6) is -0.470. The van der Waals surface area contributed by atoms with Crippen LogP contribution in [0.15, 0.2) is 46.9 Å². The average molecular weight is 326 g/mol. The zero-order valence-electron chi connectivity index (χ0n) is 14.2. The van der Waals surface area contributed by atoms with Gasteiger partial charge in [-0.15, -0.1) is 0 Å². The van der Waals surface area contributed by atoms with Gasteiger partial charge >= 0.3 is 5.97 Å². The number of esters is 1. The van der Waals surface area contributed by atoms with Crippen LogP contribution in [0.5, 0.6) is 0 Å². The third-order valence-corrected chi connectivity index (χ3v) is 4.17. The maximum absolute atomic E-state index is 12.4. The van der Waals surface area contributed by atoms with Crippen molar-refractivity contribution in [2.24, 2.45) is 5.92 Å². The summed E-state index contributed by atoms with van der Waals surface area (Å²) in [6, 6.07) is 13.1. The zero-order chi connectivity index (χ0) is 17.3. The molecule has 0 radical (unpaired) electrons. The molecule has 2 aromatic carbocycles. The quantitative estimate of drug-likeness (QED) is 0.707. The van der Waals surface area contributed by atoms with Gasteiger partial charge in [-0.2, -0.15) is 0 Å². The van der Waals surface area contributed by atoms with Crippen LogP contribution in [0.1, 0.15) is 32.8 Å². The molecule has 0 bridgehead atoms. The van der Waals surface area contributed by atoms with Crippen molar-refractivity contribution < 1.29 is 19.1 Å². The summed E-state index contributed by atoms with van der Waals surface area (Å²) in [5.41, 5.74) is 0.397. The summed E-state index contributed by atoms with van der Waals surface area (Å²) in [7, 11) is 0. The molecular formula is C20H22O4. The minimum absolute atomic E-state index is 0.135. The number of ether oxygens (including phenoxy) is 1. The Kier molecular flexibility index (Phi) is 4.33. The maximum atomic E-state index is 12.4. The van der Waals surface area contributed by atoms with E-state index >= 15 is 0 Å². The number of fused-ring (bicyclic) bond motifs is 3. The van der Waals surface area contributed by atoms with Gasteiger partial charge in [0.25, 0.3) is 0 Å². The van der Waals surface area contributed by atoms with Crippen LogP contribution in [-0.4, -0.2) is 17.7 Å². The number of para-hydroxylation sites is 1. The molecule has 0 aliphatic carbocycles. The highest BCUT2D eigenvalue weighted by atomic mass is 16.5. The topological polar surface area (TPSA) is 59.7 Å². The van der Waals surface area contributed by atoms with Gasteiger partial charge in [0.05, 0.1) is 6.61 Å². The number of aliphatic hydroxyl groups is 1. The predicted molar refractivity (Wildman–Crippen MR) is 93.7 cm³/mol. The molecule has 24 heavy (non-hydrogen) atoms. The summed E-state index contributed by atoms with van der Waals surface area (Å²) in [6.45, 7) is 5.91. The van der Waals surface area contributed by atoms with Crippen LogP contribution in [0, 0.1) is 5.92 Å². The van der Waals surface area contributed by atoms with Crippen molar-refractivity contribution in [3.05, 3.63) is 48.0 Å². The molecule has 0 saturated heterocycles. The Morgan fingerprint density at radius 2 is 1.88 bits per heavy atom. The lowest BCUT2D eigenvalue weighted by atomic mass is 9.85. The molecule has 0 amide bonds. The Labute approximate surface area is 141 Å². The molecule has 1 heterocycles. The molecule has 0 saturated carbocycles. The van der Waals surface area contributed by atoms with Gasteiger partial charge in [0.15, 0.2) is 5.60 Å². The van der Waals surface area contributed by atoms with Gasteiger partial charge in [-0.25, -0.2) is 4.79 Å². The lowest BCUT2D eigenvalue weighted by Gasteiger charge is -2.28. The Morgan fingerprint density at radius 3 is 2.58 bits per heavy atom. The van der Waals surface area contributed by atoms with Gasteiger partial charge in [0, 0.05) is 10.8 Å². The van der Waals surface area contributed by atoms with E-state index < -0.39 is 11.6 Å². The fraction of sp³-hybridized carbons (Fsp3) is 0.350. The molecule has 3 rings (SSSR count). The Morgan fingerprint density at radius 1 is 1.17 bits per heavy atom.